The molecule has 0 atom stereocenters. The average Bonchev–Trinajstić information content (AvgIpc) is 2.31. The Hall–Kier alpha value is -1.06. The van der Waals surface area contributed by atoms with Crippen LogP contribution < -0.4 is 10.1 Å². The van der Waals surface area contributed by atoms with Gasteiger partial charge in [-0.1, -0.05) is 18.2 Å². The Balaban J connectivity index is 2.49. The molecule has 0 unspecified atom stereocenters. The maximum absolute atomic E-state index is 5.83. The Bertz CT molecular complexity index is 402. The number of para-hydroxylation sites is 1. The lowest BCUT2D eigenvalue weighted by atomic mass is 10.1. The molecular weight excluding hydrogens is 250 g/mol. The second-order valence-corrected chi connectivity index (χ2v) is 7.02. The van der Waals surface area contributed by atoms with Crippen LogP contribution in [0.2, 0.25) is 0 Å². The predicted molar refractivity (Wildman–Crippen MR) is 84.2 cm³/mol. The van der Waals surface area contributed by atoms with E-state index in [4.69, 9.17) is 9.47 Å². The average molecular weight is 279 g/mol. The molecule has 1 rings (SSSR count). The smallest absolute Gasteiger partial charge is 0.123 e. The lowest BCUT2D eigenvalue weighted by Crippen LogP contribution is -2.35. The highest BCUT2D eigenvalue weighted by Crippen LogP contribution is 2.19. The van der Waals surface area contributed by atoms with Gasteiger partial charge in [0.15, 0.2) is 0 Å². The van der Waals surface area contributed by atoms with Gasteiger partial charge < -0.3 is 14.8 Å². The van der Waals surface area contributed by atoms with E-state index in [1.807, 2.05) is 39.0 Å². The lowest BCUT2D eigenvalue weighted by molar-refractivity contribution is -0.0164. The first-order valence-corrected chi connectivity index (χ1v) is 7.27. The Morgan fingerprint density at radius 1 is 0.950 bits per heavy atom. The molecule has 0 amide bonds. The Kier molecular flexibility index (Phi) is 6.03. The lowest BCUT2D eigenvalue weighted by Gasteiger charge is -2.22. The first kappa shape index (κ1) is 17.0. The number of ether oxygens (including phenoxy) is 2. The molecule has 0 heterocycles. The SMILES string of the molecule is CC(C)(C)NCc1ccccc1OCCOC(C)(C)C. The fourth-order valence-electron chi connectivity index (χ4n) is 1.65. The zero-order valence-electron chi connectivity index (χ0n) is 13.7. The number of hydrogen-bond donors (Lipinski definition) is 1. The van der Waals surface area contributed by atoms with Crippen molar-refractivity contribution in [2.24, 2.45) is 0 Å². The van der Waals surface area contributed by atoms with Crippen LogP contribution >= 0.6 is 0 Å². The molecule has 3 nitrogen and oxygen atoms in total. The third-order valence-corrected chi connectivity index (χ3v) is 2.66. The topological polar surface area (TPSA) is 30.5 Å². The molecule has 0 aliphatic heterocycles. The largest absolute Gasteiger partial charge is 0.491 e. The molecular formula is C17H29NO2. The first-order chi connectivity index (χ1) is 9.17. The number of hydrogen-bond acceptors (Lipinski definition) is 3. The van der Waals surface area contributed by atoms with Crippen LogP contribution in [0.4, 0.5) is 0 Å². The van der Waals surface area contributed by atoms with Crippen LogP contribution in [0.25, 0.3) is 0 Å². The molecule has 0 fully saturated rings. The van der Waals surface area contributed by atoms with Gasteiger partial charge in [-0.25, -0.2) is 0 Å². The van der Waals surface area contributed by atoms with E-state index < -0.39 is 0 Å². The van der Waals surface area contributed by atoms with Crippen LogP contribution in [0, 0.1) is 0 Å². The Labute approximate surface area is 123 Å². The molecule has 0 aliphatic rings. The van der Waals surface area contributed by atoms with Crippen molar-refractivity contribution in [2.75, 3.05) is 13.2 Å². The van der Waals surface area contributed by atoms with E-state index in [0.717, 1.165) is 12.3 Å². The molecule has 0 aliphatic carbocycles. The summed E-state index contributed by atoms with van der Waals surface area (Å²) in [6, 6.07) is 8.15. The van der Waals surface area contributed by atoms with Gasteiger partial charge in [0.2, 0.25) is 0 Å². The van der Waals surface area contributed by atoms with Crippen molar-refractivity contribution in [3.8, 4) is 5.75 Å². The molecule has 0 bridgehead atoms. The zero-order valence-corrected chi connectivity index (χ0v) is 13.7. The predicted octanol–water partition coefficient (Wildman–Crippen LogP) is 3.77. The van der Waals surface area contributed by atoms with Crippen LogP contribution in [-0.4, -0.2) is 24.4 Å². The highest BCUT2D eigenvalue weighted by atomic mass is 16.5. The van der Waals surface area contributed by atoms with E-state index >= 15 is 0 Å². The molecule has 1 aromatic carbocycles. The molecule has 3 heteroatoms. The summed E-state index contributed by atoms with van der Waals surface area (Å²) in [4.78, 5) is 0. The molecule has 20 heavy (non-hydrogen) atoms. The van der Waals surface area contributed by atoms with Crippen LogP contribution in [0.15, 0.2) is 24.3 Å². The van der Waals surface area contributed by atoms with Gasteiger partial charge in [-0.3, -0.25) is 0 Å². The van der Waals surface area contributed by atoms with Gasteiger partial charge in [-0.2, -0.15) is 0 Å². The molecule has 0 saturated heterocycles. The number of nitrogens with one attached hydrogen (secondary N) is 1. The maximum atomic E-state index is 5.83. The van der Waals surface area contributed by atoms with Gasteiger partial charge >= 0.3 is 0 Å². The standard InChI is InChI=1S/C17H29NO2/c1-16(2,3)18-13-14-9-7-8-10-15(14)19-11-12-20-17(4,5)6/h7-10,18H,11-13H2,1-6H3. The van der Waals surface area contributed by atoms with Crippen molar-refractivity contribution in [2.45, 2.75) is 59.2 Å². The minimum absolute atomic E-state index is 0.0997. The molecule has 0 saturated carbocycles. The van der Waals surface area contributed by atoms with E-state index in [1.165, 1.54) is 5.56 Å². The van der Waals surface area contributed by atoms with E-state index in [9.17, 15) is 0 Å². The molecule has 1 N–H and O–H groups in total. The van der Waals surface area contributed by atoms with Gasteiger partial charge in [0, 0.05) is 17.6 Å². The summed E-state index contributed by atoms with van der Waals surface area (Å²) < 4.78 is 11.5. The summed E-state index contributed by atoms with van der Waals surface area (Å²) in [7, 11) is 0. The van der Waals surface area contributed by atoms with Gasteiger partial charge in [0.05, 0.1) is 12.2 Å². The quantitative estimate of drug-likeness (QED) is 0.804. The summed E-state index contributed by atoms with van der Waals surface area (Å²) >= 11 is 0. The van der Waals surface area contributed by atoms with Crippen molar-refractivity contribution in [3.05, 3.63) is 29.8 Å². The van der Waals surface area contributed by atoms with E-state index in [-0.39, 0.29) is 11.1 Å². The summed E-state index contributed by atoms with van der Waals surface area (Å²) in [6.45, 7) is 14.6. The monoisotopic (exact) mass is 279 g/mol. The second kappa shape index (κ2) is 7.09. The highest BCUT2D eigenvalue weighted by Gasteiger charge is 2.12. The van der Waals surface area contributed by atoms with E-state index in [1.54, 1.807) is 0 Å². The summed E-state index contributed by atoms with van der Waals surface area (Å²) in [5.41, 5.74) is 1.16. The maximum Gasteiger partial charge on any atom is 0.123 e. The molecule has 0 aromatic heterocycles. The van der Waals surface area contributed by atoms with Gasteiger partial charge in [0.1, 0.15) is 12.4 Å². The number of rotatable bonds is 6. The number of benzene rings is 1. The summed E-state index contributed by atoms with van der Waals surface area (Å²) in [5, 5.41) is 3.48. The van der Waals surface area contributed by atoms with Crippen molar-refractivity contribution in [1.82, 2.24) is 5.32 Å². The fourth-order valence-corrected chi connectivity index (χ4v) is 1.65. The Morgan fingerprint density at radius 2 is 1.60 bits per heavy atom. The van der Waals surface area contributed by atoms with Crippen LogP contribution in [-0.2, 0) is 11.3 Å². The summed E-state index contributed by atoms with van der Waals surface area (Å²) in [5.74, 6) is 0.932. The van der Waals surface area contributed by atoms with Gasteiger partial charge in [-0.15, -0.1) is 0 Å². The zero-order chi connectivity index (χ0) is 15.2. The molecule has 0 spiro atoms. The van der Waals surface area contributed by atoms with Crippen molar-refractivity contribution in [1.29, 1.82) is 0 Å². The van der Waals surface area contributed by atoms with E-state index in [0.29, 0.717) is 13.2 Å². The summed E-state index contributed by atoms with van der Waals surface area (Å²) in [6.07, 6.45) is 0. The minimum Gasteiger partial charge on any atom is -0.491 e. The van der Waals surface area contributed by atoms with Crippen molar-refractivity contribution >= 4 is 0 Å². The van der Waals surface area contributed by atoms with Crippen LogP contribution in [0.5, 0.6) is 5.75 Å². The normalized spacial score (nSPS) is 12.5. The highest BCUT2D eigenvalue weighted by molar-refractivity contribution is 5.33. The fraction of sp³-hybridized carbons (Fsp3) is 0.647. The third-order valence-electron chi connectivity index (χ3n) is 2.66. The Morgan fingerprint density at radius 3 is 2.20 bits per heavy atom. The molecule has 114 valence electrons. The van der Waals surface area contributed by atoms with Crippen LogP contribution in [0.3, 0.4) is 0 Å². The van der Waals surface area contributed by atoms with Crippen LogP contribution in [0.1, 0.15) is 47.1 Å². The van der Waals surface area contributed by atoms with Crippen molar-refractivity contribution < 1.29 is 9.47 Å². The third kappa shape index (κ3) is 7.51. The van der Waals surface area contributed by atoms with E-state index in [2.05, 4.69) is 32.2 Å². The molecule has 1 aromatic rings. The minimum atomic E-state index is -0.114. The molecule has 0 radical (unpaired) electrons. The van der Waals surface area contributed by atoms with Gasteiger partial charge in [0.25, 0.3) is 0 Å². The second-order valence-electron chi connectivity index (χ2n) is 7.02. The van der Waals surface area contributed by atoms with Crippen molar-refractivity contribution in [3.63, 3.8) is 0 Å². The van der Waals surface area contributed by atoms with Gasteiger partial charge in [-0.05, 0) is 47.6 Å². The first-order valence-electron chi connectivity index (χ1n) is 7.27.